The van der Waals surface area contributed by atoms with Gasteiger partial charge in [0.15, 0.2) is 0 Å². The van der Waals surface area contributed by atoms with Crippen LogP contribution >= 0.6 is 11.8 Å². The van der Waals surface area contributed by atoms with Crippen molar-refractivity contribution in [3.8, 4) is 5.75 Å². The Hall–Kier alpha value is -1.52. The Labute approximate surface area is 118 Å². The molecule has 0 saturated heterocycles. The zero-order valence-electron chi connectivity index (χ0n) is 11.4. The number of aromatic nitrogens is 1. The number of ether oxygens (including phenoxy) is 1. The van der Waals surface area contributed by atoms with Crippen molar-refractivity contribution in [2.45, 2.75) is 10.9 Å². The summed E-state index contributed by atoms with van der Waals surface area (Å²) in [6.45, 7) is 0. The summed E-state index contributed by atoms with van der Waals surface area (Å²) in [6.07, 6.45) is 3.87. The van der Waals surface area contributed by atoms with Gasteiger partial charge in [0, 0.05) is 11.1 Å². The van der Waals surface area contributed by atoms with E-state index in [4.69, 9.17) is 4.74 Å². The third-order valence-electron chi connectivity index (χ3n) is 3.03. The highest BCUT2D eigenvalue weighted by Crippen LogP contribution is 2.28. The Morgan fingerprint density at radius 3 is 2.53 bits per heavy atom. The molecular weight excluding hydrogens is 256 g/mol. The maximum Gasteiger partial charge on any atom is 0.142 e. The van der Waals surface area contributed by atoms with Crippen molar-refractivity contribution >= 4 is 11.8 Å². The molecule has 19 heavy (non-hydrogen) atoms. The topological polar surface area (TPSA) is 34.2 Å². The number of nitrogens with one attached hydrogen (secondary N) is 1. The number of pyridine rings is 1. The Morgan fingerprint density at radius 2 is 1.95 bits per heavy atom. The molecule has 1 unspecified atom stereocenters. The molecule has 2 aromatic rings. The van der Waals surface area contributed by atoms with E-state index in [0.717, 1.165) is 11.4 Å². The molecule has 0 spiro atoms. The van der Waals surface area contributed by atoms with Crippen molar-refractivity contribution in [1.29, 1.82) is 0 Å². The van der Waals surface area contributed by atoms with Gasteiger partial charge in [0.1, 0.15) is 11.4 Å². The Morgan fingerprint density at radius 1 is 1.21 bits per heavy atom. The molecule has 3 nitrogen and oxygen atoms in total. The van der Waals surface area contributed by atoms with Crippen LogP contribution in [0.25, 0.3) is 0 Å². The predicted molar refractivity (Wildman–Crippen MR) is 79.9 cm³/mol. The summed E-state index contributed by atoms with van der Waals surface area (Å²) >= 11 is 1.74. The molecular formula is C15H18N2OS. The minimum atomic E-state index is 0.0343. The second-order valence-corrected chi connectivity index (χ2v) is 4.97. The van der Waals surface area contributed by atoms with E-state index >= 15 is 0 Å². The first-order valence-corrected chi connectivity index (χ1v) is 7.32. The lowest BCUT2D eigenvalue weighted by Crippen LogP contribution is -2.19. The third kappa shape index (κ3) is 3.08. The first-order valence-electron chi connectivity index (χ1n) is 6.10. The van der Waals surface area contributed by atoms with Crippen LogP contribution in [-0.2, 0) is 0 Å². The highest BCUT2D eigenvalue weighted by molar-refractivity contribution is 7.98. The Bertz CT molecular complexity index is 528. The van der Waals surface area contributed by atoms with Gasteiger partial charge in [0.25, 0.3) is 0 Å². The van der Waals surface area contributed by atoms with Gasteiger partial charge in [-0.05, 0) is 43.1 Å². The van der Waals surface area contributed by atoms with E-state index in [2.05, 4.69) is 40.8 Å². The maximum atomic E-state index is 5.39. The van der Waals surface area contributed by atoms with E-state index in [9.17, 15) is 0 Å². The smallest absolute Gasteiger partial charge is 0.142 e. The van der Waals surface area contributed by atoms with E-state index in [-0.39, 0.29) is 6.04 Å². The molecule has 1 aromatic carbocycles. The van der Waals surface area contributed by atoms with Gasteiger partial charge in [0.05, 0.1) is 13.2 Å². The molecule has 0 radical (unpaired) electrons. The van der Waals surface area contributed by atoms with E-state index in [1.54, 1.807) is 25.1 Å². The van der Waals surface area contributed by atoms with E-state index in [1.165, 1.54) is 10.5 Å². The lowest BCUT2D eigenvalue weighted by Gasteiger charge is -2.18. The highest BCUT2D eigenvalue weighted by Gasteiger charge is 2.17. The number of hydrogen-bond acceptors (Lipinski definition) is 4. The fraction of sp³-hybridized carbons (Fsp3) is 0.267. The predicted octanol–water partition coefficient (Wildman–Crippen LogP) is 3.12. The van der Waals surface area contributed by atoms with Crippen LogP contribution in [0.1, 0.15) is 17.3 Å². The molecule has 0 aliphatic heterocycles. The summed E-state index contributed by atoms with van der Waals surface area (Å²) in [4.78, 5) is 5.70. The number of methoxy groups -OCH3 is 1. The molecule has 0 aliphatic rings. The van der Waals surface area contributed by atoms with Crippen molar-refractivity contribution in [1.82, 2.24) is 10.3 Å². The minimum absolute atomic E-state index is 0.0343. The summed E-state index contributed by atoms with van der Waals surface area (Å²) in [5, 5.41) is 3.30. The molecule has 0 aliphatic carbocycles. The lowest BCUT2D eigenvalue weighted by atomic mass is 10.0. The van der Waals surface area contributed by atoms with E-state index in [1.807, 2.05) is 19.2 Å². The van der Waals surface area contributed by atoms with Gasteiger partial charge in [-0.15, -0.1) is 11.8 Å². The Kier molecular flexibility index (Phi) is 4.82. The molecule has 0 amide bonds. The molecule has 0 bridgehead atoms. The SMILES string of the molecule is CNC(c1ccc(SC)cc1)c1ncccc1OC. The third-order valence-corrected chi connectivity index (χ3v) is 3.77. The molecule has 100 valence electrons. The molecule has 4 heteroatoms. The van der Waals surface area contributed by atoms with Crippen LogP contribution in [0.5, 0.6) is 5.75 Å². The molecule has 1 aromatic heterocycles. The van der Waals surface area contributed by atoms with Gasteiger partial charge in [-0.3, -0.25) is 4.98 Å². The van der Waals surface area contributed by atoms with Gasteiger partial charge in [-0.25, -0.2) is 0 Å². The quantitative estimate of drug-likeness (QED) is 0.850. The largest absolute Gasteiger partial charge is 0.495 e. The number of nitrogens with zero attached hydrogens (tertiary/aromatic N) is 1. The average molecular weight is 274 g/mol. The van der Waals surface area contributed by atoms with Crippen molar-refractivity contribution < 1.29 is 4.74 Å². The van der Waals surface area contributed by atoms with Crippen LogP contribution in [0.3, 0.4) is 0 Å². The first-order chi connectivity index (χ1) is 9.30. The standard InChI is InChI=1S/C15H18N2OS/c1-16-14(11-6-8-12(19-3)9-7-11)15-13(18-2)5-4-10-17-15/h4-10,14,16H,1-3H3. The van der Waals surface area contributed by atoms with Gasteiger partial charge in [-0.2, -0.15) is 0 Å². The molecule has 0 fully saturated rings. The second-order valence-electron chi connectivity index (χ2n) is 4.09. The van der Waals surface area contributed by atoms with E-state index < -0.39 is 0 Å². The second kappa shape index (κ2) is 6.59. The molecule has 1 N–H and O–H groups in total. The maximum absolute atomic E-state index is 5.39. The first kappa shape index (κ1) is 13.9. The summed E-state index contributed by atoms with van der Waals surface area (Å²) in [7, 11) is 3.60. The molecule has 2 rings (SSSR count). The lowest BCUT2D eigenvalue weighted by molar-refractivity contribution is 0.401. The molecule has 0 saturated carbocycles. The summed E-state index contributed by atoms with van der Waals surface area (Å²) < 4.78 is 5.39. The summed E-state index contributed by atoms with van der Waals surface area (Å²) in [6, 6.07) is 12.4. The number of hydrogen-bond donors (Lipinski definition) is 1. The monoisotopic (exact) mass is 274 g/mol. The van der Waals surface area contributed by atoms with Gasteiger partial charge >= 0.3 is 0 Å². The minimum Gasteiger partial charge on any atom is -0.495 e. The normalized spacial score (nSPS) is 12.2. The fourth-order valence-corrected chi connectivity index (χ4v) is 2.46. The van der Waals surface area contributed by atoms with Crippen molar-refractivity contribution in [2.24, 2.45) is 0 Å². The summed E-state index contributed by atoms with van der Waals surface area (Å²) in [5.74, 6) is 0.802. The molecule has 1 heterocycles. The Balaban J connectivity index is 2.37. The van der Waals surface area contributed by atoms with Crippen molar-refractivity contribution in [2.75, 3.05) is 20.4 Å². The number of rotatable bonds is 5. The zero-order chi connectivity index (χ0) is 13.7. The van der Waals surface area contributed by atoms with E-state index in [0.29, 0.717) is 0 Å². The van der Waals surface area contributed by atoms with Crippen molar-refractivity contribution in [3.05, 3.63) is 53.9 Å². The number of thioether (sulfide) groups is 1. The zero-order valence-corrected chi connectivity index (χ0v) is 12.2. The molecule has 1 atom stereocenters. The van der Waals surface area contributed by atoms with Crippen LogP contribution < -0.4 is 10.1 Å². The van der Waals surface area contributed by atoms with Crippen LogP contribution in [0.4, 0.5) is 0 Å². The van der Waals surface area contributed by atoms with Crippen LogP contribution in [0.15, 0.2) is 47.5 Å². The van der Waals surface area contributed by atoms with Crippen molar-refractivity contribution in [3.63, 3.8) is 0 Å². The van der Waals surface area contributed by atoms with Crippen LogP contribution in [0, 0.1) is 0 Å². The van der Waals surface area contributed by atoms with Crippen LogP contribution in [-0.4, -0.2) is 25.4 Å². The van der Waals surface area contributed by atoms with Gasteiger partial charge in [-0.1, -0.05) is 12.1 Å². The highest BCUT2D eigenvalue weighted by atomic mass is 32.2. The number of benzene rings is 1. The fourth-order valence-electron chi connectivity index (χ4n) is 2.05. The summed E-state index contributed by atoms with van der Waals surface area (Å²) in [5.41, 5.74) is 2.08. The van der Waals surface area contributed by atoms with Gasteiger partial charge in [0.2, 0.25) is 0 Å². The van der Waals surface area contributed by atoms with Crippen LogP contribution in [0.2, 0.25) is 0 Å². The van der Waals surface area contributed by atoms with Gasteiger partial charge < -0.3 is 10.1 Å². The average Bonchev–Trinajstić information content (AvgIpc) is 2.49.